The molecule has 3 heteroatoms. The summed E-state index contributed by atoms with van der Waals surface area (Å²) in [6.07, 6.45) is 2.00. The van der Waals surface area contributed by atoms with E-state index in [-0.39, 0.29) is 11.9 Å². The Bertz CT molecular complexity index is 299. The predicted molar refractivity (Wildman–Crippen MR) is 57.1 cm³/mol. The molecule has 1 unspecified atom stereocenters. The smallest absolute Gasteiger partial charge is 0.138 e. The van der Waals surface area contributed by atoms with Crippen LogP contribution in [0.3, 0.4) is 0 Å². The molecule has 3 nitrogen and oxygen atoms in total. The second kappa shape index (κ2) is 4.86. The molecule has 0 saturated heterocycles. The number of aliphatic hydroxyl groups is 1. The lowest BCUT2D eigenvalue weighted by molar-refractivity contribution is 0.160. The Morgan fingerprint density at radius 3 is 2.71 bits per heavy atom. The molecule has 0 aliphatic rings. The SMILES string of the molecule is CCC(O)CCc1ccc(N)c(O)c1. The van der Waals surface area contributed by atoms with E-state index in [1.165, 1.54) is 0 Å². The molecule has 0 heterocycles. The predicted octanol–water partition coefficient (Wildman–Crippen LogP) is 1.68. The normalized spacial score (nSPS) is 12.7. The summed E-state index contributed by atoms with van der Waals surface area (Å²) in [6, 6.07) is 5.21. The quantitative estimate of drug-likeness (QED) is 0.506. The number of anilines is 1. The first-order valence-electron chi connectivity index (χ1n) is 4.89. The number of hydrogen-bond acceptors (Lipinski definition) is 3. The van der Waals surface area contributed by atoms with Gasteiger partial charge in [0, 0.05) is 0 Å². The number of phenols is 1. The van der Waals surface area contributed by atoms with Crippen LogP contribution in [-0.4, -0.2) is 16.3 Å². The lowest BCUT2D eigenvalue weighted by Crippen LogP contribution is -2.05. The number of phenolic OH excluding ortho intramolecular Hbond substituents is 1. The van der Waals surface area contributed by atoms with E-state index in [1.807, 2.05) is 13.0 Å². The number of nitrogens with two attached hydrogens (primary N) is 1. The Hall–Kier alpha value is -1.22. The van der Waals surface area contributed by atoms with Crippen molar-refractivity contribution in [3.63, 3.8) is 0 Å². The molecule has 0 amide bonds. The average Bonchev–Trinajstić information content (AvgIpc) is 2.19. The van der Waals surface area contributed by atoms with E-state index < -0.39 is 0 Å². The minimum absolute atomic E-state index is 0.119. The van der Waals surface area contributed by atoms with Gasteiger partial charge < -0.3 is 15.9 Å². The standard InChI is InChI=1S/C11H17NO2/c1-2-9(13)5-3-8-4-6-10(12)11(14)7-8/h4,6-7,9,13-14H,2-3,5,12H2,1H3. The van der Waals surface area contributed by atoms with Gasteiger partial charge in [0.05, 0.1) is 11.8 Å². The third-order valence-corrected chi connectivity index (χ3v) is 2.33. The molecule has 0 spiro atoms. The van der Waals surface area contributed by atoms with E-state index in [1.54, 1.807) is 12.1 Å². The Morgan fingerprint density at radius 1 is 1.43 bits per heavy atom. The monoisotopic (exact) mass is 195 g/mol. The summed E-state index contributed by atoms with van der Waals surface area (Å²) in [4.78, 5) is 0. The summed E-state index contributed by atoms with van der Waals surface area (Å²) >= 11 is 0. The molecule has 1 rings (SSSR count). The molecule has 0 aromatic heterocycles. The number of rotatable bonds is 4. The first kappa shape index (κ1) is 10.9. The number of hydrogen-bond donors (Lipinski definition) is 3. The maximum atomic E-state index is 9.36. The van der Waals surface area contributed by atoms with Crippen molar-refractivity contribution in [3.05, 3.63) is 23.8 Å². The Balaban J connectivity index is 2.55. The molecule has 4 N–H and O–H groups in total. The first-order valence-corrected chi connectivity index (χ1v) is 4.89. The molecule has 78 valence electrons. The van der Waals surface area contributed by atoms with Crippen LogP contribution in [0.4, 0.5) is 5.69 Å². The number of benzene rings is 1. The molecule has 14 heavy (non-hydrogen) atoms. The maximum absolute atomic E-state index is 9.36. The van der Waals surface area contributed by atoms with Crippen molar-refractivity contribution < 1.29 is 10.2 Å². The van der Waals surface area contributed by atoms with Crippen molar-refractivity contribution >= 4 is 5.69 Å². The summed E-state index contributed by atoms with van der Waals surface area (Å²) in [5, 5.41) is 18.7. The number of aryl methyl sites for hydroxylation is 1. The van der Waals surface area contributed by atoms with Gasteiger partial charge in [-0.2, -0.15) is 0 Å². The highest BCUT2D eigenvalue weighted by Crippen LogP contribution is 2.21. The third kappa shape index (κ3) is 2.92. The van der Waals surface area contributed by atoms with Crippen molar-refractivity contribution in [2.75, 3.05) is 5.73 Å². The van der Waals surface area contributed by atoms with Gasteiger partial charge in [-0.05, 0) is 37.0 Å². The van der Waals surface area contributed by atoms with Gasteiger partial charge >= 0.3 is 0 Å². The molecule has 1 aromatic rings. The number of aromatic hydroxyl groups is 1. The van der Waals surface area contributed by atoms with E-state index in [2.05, 4.69) is 0 Å². The second-order valence-corrected chi connectivity index (χ2v) is 3.49. The van der Waals surface area contributed by atoms with Crippen LogP contribution in [0.1, 0.15) is 25.3 Å². The van der Waals surface area contributed by atoms with Gasteiger partial charge in [-0.1, -0.05) is 13.0 Å². The van der Waals surface area contributed by atoms with Gasteiger partial charge in [0.15, 0.2) is 0 Å². The van der Waals surface area contributed by atoms with Crippen LogP contribution in [-0.2, 0) is 6.42 Å². The minimum Gasteiger partial charge on any atom is -0.506 e. The second-order valence-electron chi connectivity index (χ2n) is 3.49. The topological polar surface area (TPSA) is 66.5 Å². The molecule has 0 aliphatic carbocycles. The molecule has 0 fully saturated rings. The van der Waals surface area contributed by atoms with E-state index >= 15 is 0 Å². The van der Waals surface area contributed by atoms with Crippen LogP contribution < -0.4 is 5.73 Å². The van der Waals surface area contributed by atoms with Crippen LogP contribution in [0.2, 0.25) is 0 Å². The summed E-state index contributed by atoms with van der Waals surface area (Å²) in [5.74, 6) is 0.119. The Morgan fingerprint density at radius 2 is 2.14 bits per heavy atom. The lowest BCUT2D eigenvalue weighted by atomic mass is 10.0. The number of nitrogen functional groups attached to an aromatic ring is 1. The van der Waals surface area contributed by atoms with E-state index in [0.717, 1.165) is 24.8 Å². The maximum Gasteiger partial charge on any atom is 0.138 e. The molecule has 1 atom stereocenters. The molecule has 0 radical (unpaired) electrons. The zero-order valence-electron chi connectivity index (χ0n) is 8.40. The van der Waals surface area contributed by atoms with Crippen LogP contribution in [0, 0.1) is 0 Å². The largest absolute Gasteiger partial charge is 0.506 e. The summed E-state index contributed by atoms with van der Waals surface area (Å²) in [5.41, 5.74) is 6.87. The Labute approximate surface area is 84.2 Å². The Kier molecular flexibility index (Phi) is 3.77. The number of aliphatic hydroxyl groups excluding tert-OH is 1. The highest BCUT2D eigenvalue weighted by molar-refractivity contribution is 5.52. The molecule has 0 bridgehead atoms. The fourth-order valence-corrected chi connectivity index (χ4v) is 1.28. The van der Waals surface area contributed by atoms with Crippen molar-refractivity contribution in [2.24, 2.45) is 0 Å². The van der Waals surface area contributed by atoms with Gasteiger partial charge in [-0.15, -0.1) is 0 Å². The molecule has 0 saturated carbocycles. The van der Waals surface area contributed by atoms with Gasteiger partial charge in [0.2, 0.25) is 0 Å². The highest BCUT2D eigenvalue weighted by atomic mass is 16.3. The van der Waals surface area contributed by atoms with Crippen LogP contribution >= 0.6 is 0 Å². The molecule has 0 aliphatic heterocycles. The van der Waals surface area contributed by atoms with Crippen LogP contribution in [0.5, 0.6) is 5.75 Å². The lowest BCUT2D eigenvalue weighted by Gasteiger charge is -2.08. The van der Waals surface area contributed by atoms with E-state index in [4.69, 9.17) is 5.73 Å². The van der Waals surface area contributed by atoms with Crippen molar-refractivity contribution in [1.82, 2.24) is 0 Å². The zero-order valence-corrected chi connectivity index (χ0v) is 8.40. The van der Waals surface area contributed by atoms with Crippen LogP contribution in [0.25, 0.3) is 0 Å². The average molecular weight is 195 g/mol. The summed E-state index contributed by atoms with van der Waals surface area (Å²) in [7, 11) is 0. The van der Waals surface area contributed by atoms with Crippen molar-refractivity contribution in [2.45, 2.75) is 32.3 Å². The van der Waals surface area contributed by atoms with E-state index in [9.17, 15) is 10.2 Å². The fourth-order valence-electron chi connectivity index (χ4n) is 1.28. The summed E-state index contributed by atoms with van der Waals surface area (Å²) in [6.45, 7) is 1.95. The van der Waals surface area contributed by atoms with Gasteiger partial charge in [-0.25, -0.2) is 0 Å². The third-order valence-electron chi connectivity index (χ3n) is 2.33. The van der Waals surface area contributed by atoms with E-state index in [0.29, 0.717) is 5.69 Å². The molecule has 1 aromatic carbocycles. The van der Waals surface area contributed by atoms with Crippen molar-refractivity contribution in [3.8, 4) is 5.75 Å². The molecular formula is C11H17NO2. The fraction of sp³-hybridized carbons (Fsp3) is 0.455. The first-order chi connectivity index (χ1) is 6.63. The van der Waals surface area contributed by atoms with Crippen molar-refractivity contribution in [1.29, 1.82) is 0 Å². The highest BCUT2D eigenvalue weighted by Gasteiger charge is 2.03. The minimum atomic E-state index is -0.255. The summed E-state index contributed by atoms with van der Waals surface area (Å²) < 4.78 is 0. The van der Waals surface area contributed by atoms with Gasteiger partial charge in [-0.3, -0.25) is 0 Å². The van der Waals surface area contributed by atoms with Gasteiger partial charge in [0.25, 0.3) is 0 Å². The van der Waals surface area contributed by atoms with Gasteiger partial charge in [0.1, 0.15) is 5.75 Å². The zero-order chi connectivity index (χ0) is 10.6. The van der Waals surface area contributed by atoms with Crippen LogP contribution in [0.15, 0.2) is 18.2 Å². The molecular weight excluding hydrogens is 178 g/mol.